The van der Waals surface area contributed by atoms with E-state index in [0.717, 1.165) is 17.0 Å². The summed E-state index contributed by atoms with van der Waals surface area (Å²) in [5.41, 5.74) is 2.00. The molecule has 0 saturated carbocycles. The Labute approximate surface area is 158 Å². The third-order valence-electron chi connectivity index (χ3n) is 4.79. The number of hydrogen-bond acceptors (Lipinski definition) is 5. The normalized spacial score (nSPS) is 25.3. The molecule has 2 aromatic rings. The number of cyclic esters (lactones) is 1. The van der Waals surface area contributed by atoms with Gasteiger partial charge in [0, 0.05) is 11.6 Å². The molecular weight excluding hydrogens is 346 g/mol. The van der Waals surface area contributed by atoms with Crippen LogP contribution >= 0.6 is 0 Å². The first-order valence-corrected chi connectivity index (χ1v) is 9.18. The van der Waals surface area contributed by atoms with E-state index < -0.39 is 0 Å². The molecule has 2 aliphatic rings. The van der Waals surface area contributed by atoms with Crippen LogP contribution in [0.2, 0.25) is 0 Å². The predicted octanol–water partition coefficient (Wildman–Crippen LogP) is 3.57. The van der Waals surface area contributed by atoms with Gasteiger partial charge in [-0.25, -0.2) is 4.79 Å². The minimum Gasteiger partial charge on any atom is -0.490 e. The highest BCUT2D eigenvalue weighted by atomic mass is 16.7. The second-order valence-electron chi connectivity index (χ2n) is 6.76. The van der Waals surface area contributed by atoms with E-state index in [2.05, 4.69) is 0 Å². The average molecular weight is 369 g/mol. The van der Waals surface area contributed by atoms with E-state index in [1.807, 2.05) is 61.5 Å². The third-order valence-corrected chi connectivity index (χ3v) is 4.79. The number of ether oxygens (including phenoxy) is 4. The highest BCUT2D eigenvalue weighted by Gasteiger charge is 2.32. The molecule has 6 heteroatoms. The van der Waals surface area contributed by atoms with E-state index in [1.54, 1.807) is 4.90 Å². The standard InChI is InChI=1S/C21H23NO5/c1-15-24-12-17(13-25-15)16-7-9-19(10-8-16)26-14-20-11-22(21(23)27-20)18-5-3-2-4-6-18/h2-10,15,17,20H,11-14H2,1H3. The number of benzene rings is 2. The highest BCUT2D eigenvalue weighted by Crippen LogP contribution is 2.25. The van der Waals surface area contributed by atoms with Gasteiger partial charge in [-0.3, -0.25) is 4.90 Å². The van der Waals surface area contributed by atoms with Gasteiger partial charge in [0.2, 0.25) is 0 Å². The van der Waals surface area contributed by atoms with Gasteiger partial charge in [0.05, 0.1) is 19.8 Å². The lowest BCUT2D eigenvalue weighted by atomic mass is 10.0. The molecule has 2 aliphatic heterocycles. The van der Waals surface area contributed by atoms with Crippen LogP contribution in [0.3, 0.4) is 0 Å². The first-order valence-electron chi connectivity index (χ1n) is 9.18. The smallest absolute Gasteiger partial charge is 0.414 e. The zero-order chi connectivity index (χ0) is 18.6. The highest BCUT2D eigenvalue weighted by molar-refractivity contribution is 5.89. The van der Waals surface area contributed by atoms with Gasteiger partial charge >= 0.3 is 6.09 Å². The molecular formula is C21H23NO5. The Morgan fingerprint density at radius 2 is 1.74 bits per heavy atom. The molecule has 1 atom stereocenters. The maximum atomic E-state index is 12.1. The number of amides is 1. The Balaban J connectivity index is 1.30. The van der Waals surface area contributed by atoms with Crippen molar-refractivity contribution in [1.82, 2.24) is 0 Å². The fourth-order valence-corrected chi connectivity index (χ4v) is 3.24. The van der Waals surface area contributed by atoms with E-state index in [1.165, 1.54) is 0 Å². The van der Waals surface area contributed by atoms with Gasteiger partial charge in [0.15, 0.2) is 12.4 Å². The van der Waals surface area contributed by atoms with E-state index in [-0.39, 0.29) is 24.4 Å². The summed E-state index contributed by atoms with van der Waals surface area (Å²) >= 11 is 0. The summed E-state index contributed by atoms with van der Waals surface area (Å²) in [6.45, 7) is 4.03. The number of para-hydroxylation sites is 1. The van der Waals surface area contributed by atoms with Crippen LogP contribution in [0.5, 0.6) is 5.75 Å². The summed E-state index contributed by atoms with van der Waals surface area (Å²) in [7, 11) is 0. The molecule has 2 fully saturated rings. The van der Waals surface area contributed by atoms with E-state index >= 15 is 0 Å². The molecule has 0 radical (unpaired) electrons. The van der Waals surface area contributed by atoms with Crippen molar-refractivity contribution in [3.63, 3.8) is 0 Å². The second kappa shape index (κ2) is 7.98. The summed E-state index contributed by atoms with van der Waals surface area (Å²) in [6.07, 6.45) is -0.760. The van der Waals surface area contributed by atoms with Crippen molar-refractivity contribution in [2.24, 2.45) is 0 Å². The predicted molar refractivity (Wildman–Crippen MR) is 100 cm³/mol. The fraction of sp³-hybridized carbons (Fsp3) is 0.381. The van der Waals surface area contributed by atoms with Gasteiger partial charge in [-0.15, -0.1) is 0 Å². The molecule has 6 nitrogen and oxygen atoms in total. The zero-order valence-corrected chi connectivity index (χ0v) is 15.2. The summed E-state index contributed by atoms with van der Waals surface area (Å²) in [4.78, 5) is 13.7. The summed E-state index contributed by atoms with van der Waals surface area (Å²) < 4.78 is 22.3. The number of hydrogen-bond donors (Lipinski definition) is 0. The quantitative estimate of drug-likeness (QED) is 0.806. The monoisotopic (exact) mass is 369 g/mol. The molecule has 27 heavy (non-hydrogen) atoms. The van der Waals surface area contributed by atoms with Gasteiger partial charge in [-0.05, 0) is 36.8 Å². The van der Waals surface area contributed by atoms with Gasteiger partial charge in [0.25, 0.3) is 0 Å². The molecule has 0 aromatic heterocycles. The molecule has 0 bridgehead atoms. The lowest BCUT2D eigenvalue weighted by Gasteiger charge is -2.27. The molecule has 1 amide bonds. The largest absolute Gasteiger partial charge is 0.490 e. The summed E-state index contributed by atoms with van der Waals surface area (Å²) in [5.74, 6) is 0.990. The topological polar surface area (TPSA) is 57.2 Å². The van der Waals surface area contributed by atoms with Crippen molar-refractivity contribution < 1.29 is 23.7 Å². The second-order valence-corrected chi connectivity index (χ2v) is 6.76. The molecule has 0 N–H and O–H groups in total. The number of carbonyl (C=O) groups excluding carboxylic acids is 1. The van der Waals surface area contributed by atoms with Crippen LogP contribution in [-0.4, -0.2) is 44.9 Å². The molecule has 1 unspecified atom stereocenters. The van der Waals surface area contributed by atoms with Crippen molar-refractivity contribution in [2.75, 3.05) is 31.3 Å². The number of nitrogens with zero attached hydrogens (tertiary/aromatic N) is 1. The Morgan fingerprint density at radius 1 is 1.04 bits per heavy atom. The number of rotatable bonds is 5. The molecule has 2 saturated heterocycles. The average Bonchev–Trinajstić information content (AvgIpc) is 3.09. The van der Waals surface area contributed by atoms with Crippen molar-refractivity contribution in [3.8, 4) is 5.75 Å². The lowest BCUT2D eigenvalue weighted by molar-refractivity contribution is -0.176. The fourth-order valence-electron chi connectivity index (χ4n) is 3.24. The Hall–Kier alpha value is -2.57. The van der Waals surface area contributed by atoms with Crippen LogP contribution in [0, 0.1) is 0 Å². The first-order chi connectivity index (χ1) is 13.2. The maximum absolute atomic E-state index is 12.1. The van der Waals surface area contributed by atoms with Gasteiger partial charge in [-0.1, -0.05) is 30.3 Å². The summed E-state index contributed by atoms with van der Waals surface area (Å²) in [5, 5.41) is 0. The minimum absolute atomic E-state index is 0.131. The van der Waals surface area contributed by atoms with Crippen LogP contribution in [0.1, 0.15) is 18.4 Å². The maximum Gasteiger partial charge on any atom is 0.414 e. The SMILES string of the molecule is CC1OCC(c2ccc(OCC3CN(c4ccccc4)C(=O)O3)cc2)CO1. The molecule has 0 aliphatic carbocycles. The van der Waals surface area contributed by atoms with Crippen LogP contribution in [0.4, 0.5) is 10.5 Å². The van der Waals surface area contributed by atoms with Crippen molar-refractivity contribution >= 4 is 11.8 Å². The summed E-state index contributed by atoms with van der Waals surface area (Å²) in [6, 6.07) is 17.4. The van der Waals surface area contributed by atoms with Gasteiger partial charge < -0.3 is 18.9 Å². The third kappa shape index (κ3) is 4.23. The van der Waals surface area contributed by atoms with Crippen molar-refractivity contribution in [1.29, 1.82) is 0 Å². The number of carbonyl (C=O) groups is 1. The lowest BCUT2D eigenvalue weighted by Crippen LogP contribution is -2.28. The molecule has 2 aromatic carbocycles. The zero-order valence-electron chi connectivity index (χ0n) is 15.2. The van der Waals surface area contributed by atoms with Crippen molar-refractivity contribution in [3.05, 3.63) is 60.2 Å². The van der Waals surface area contributed by atoms with Crippen molar-refractivity contribution in [2.45, 2.75) is 25.2 Å². The van der Waals surface area contributed by atoms with Gasteiger partial charge in [-0.2, -0.15) is 0 Å². The molecule has 0 spiro atoms. The van der Waals surface area contributed by atoms with E-state index in [9.17, 15) is 4.79 Å². The minimum atomic E-state index is -0.336. The molecule has 142 valence electrons. The van der Waals surface area contributed by atoms with Crippen LogP contribution in [-0.2, 0) is 14.2 Å². The Kier molecular flexibility index (Phi) is 5.27. The Morgan fingerprint density at radius 3 is 2.44 bits per heavy atom. The molecule has 4 rings (SSSR count). The Bertz CT molecular complexity index is 756. The number of anilines is 1. The van der Waals surface area contributed by atoms with E-state index in [0.29, 0.717) is 26.4 Å². The molecule has 2 heterocycles. The van der Waals surface area contributed by atoms with Gasteiger partial charge in [0.1, 0.15) is 12.4 Å². The van der Waals surface area contributed by atoms with Crippen LogP contribution in [0.15, 0.2) is 54.6 Å². The first kappa shape index (κ1) is 17.8. The van der Waals surface area contributed by atoms with E-state index in [4.69, 9.17) is 18.9 Å². The van der Waals surface area contributed by atoms with Crippen LogP contribution in [0.25, 0.3) is 0 Å². The van der Waals surface area contributed by atoms with Crippen LogP contribution < -0.4 is 9.64 Å².